The van der Waals surface area contributed by atoms with Gasteiger partial charge in [-0.25, -0.2) is 0 Å². The Morgan fingerprint density at radius 2 is 2.12 bits per heavy atom. The predicted octanol–water partition coefficient (Wildman–Crippen LogP) is 2.69. The molecule has 1 aliphatic rings. The van der Waals surface area contributed by atoms with E-state index in [1.54, 1.807) is 6.07 Å². The van der Waals surface area contributed by atoms with Crippen LogP contribution in [0.15, 0.2) is 33.7 Å². The van der Waals surface area contributed by atoms with E-state index < -0.39 is 0 Å². The largest absolute Gasteiger partial charge is 0.373 e. The Morgan fingerprint density at radius 1 is 1.31 bits per heavy atom. The number of carbonyl (C=O) groups excluding carboxylic acids is 1. The highest BCUT2D eigenvalue weighted by atomic mass is 79.9. The molecule has 0 radical (unpaired) electrons. The summed E-state index contributed by atoms with van der Waals surface area (Å²) < 4.78 is 6.68. The van der Waals surface area contributed by atoms with E-state index in [9.17, 15) is 4.79 Å². The van der Waals surface area contributed by atoms with Gasteiger partial charge >= 0.3 is 0 Å². The van der Waals surface area contributed by atoms with Crippen molar-refractivity contribution in [2.45, 2.75) is 38.7 Å². The van der Waals surface area contributed by atoms with Crippen LogP contribution >= 0.6 is 15.9 Å². The molecule has 1 heterocycles. The molecule has 144 valence electrons. The number of hydrogen-bond donors (Lipinski definition) is 3. The second-order valence-corrected chi connectivity index (χ2v) is 7.56. The number of benzene rings is 1. The van der Waals surface area contributed by atoms with Crippen molar-refractivity contribution in [3.8, 4) is 0 Å². The third-order valence-corrected chi connectivity index (χ3v) is 4.73. The van der Waals surface area contributed by atoms with Crippen LogP contribution in [0.25, 0.3) is 0 Å². The molecule has 6 nitrogen and oxygen atoms in total. The van der Waals surface area contributed by atoms with E-state index in [-0.39, 0.29) is 11.5 Å². The molecule has 1 fully saturated rings. The first-order valence-electron chi connectivity index (χ1n) is 9.22. The molecule has 0 spiro atoms. The van der Waals surface area contributed by atoms with E-state index in [1.807, 2.05) is 25.1 Å². The number of nitrogens with zero attached hydrogens (tertiary/aromatic N) is 1. The number of aliphatic imine (C=N–C) groups is 1. The summed E-state index contributed by atoms with van der Waals surface area (Å²) in [4.78, 5) is 16.7. The molecule has 1 aromatic carbocycles. The molecule has 1 atom stereocenters. The van der Waals surface area contributed by atoms with Crippen LogP contribution in [0.1, 0.15) is 43.5 Å². The molecule has 0 bridgehead atoms. The zero-order valence-corrected chi connectivity index (χ0v) is 17.2. The number of halogens is 1. The molecule has 0 saturated carbocycles. The minimum absolute atomic E-state index is 0.0572. The minimum Gasteiger partial charge on any atom is -0.373 e. The molecular formula is C19H29BrN4O2. The summed E-state index contributed by atoms with van der Waals surface area (Å²) in [6.45, 7) is 7.80. The fourth-order valence-electron chi connectivity index (χ4n) is 2.78. The molecular weight excluding hydrogens is 396 g/mol. The molecule has 0 aliphatic carbocycles. The summed E-state index contributed by atoms with van der Waals surface area (Å²) in [6.07, 6.45) is 2.98. The van der Waals surface area contributed by atoms with Gasteiger partial charge in [-0.2, -0.15) is 0 Å². The average Bonchev–Trinajstić information content (AvgIpc) is 3.06. The normalized spacial score (nSPS) is 20.0. The first-order valence-corrected chi connectivity index (χ1v) is 10.0. The summed E-state index contributed by atoms with van der Waals surface area (Å²) in [5.74, 6) is 0.737. The maximum Gasteiger partial charge on any atom is 0.251 e. The van der Waals surface area contributed by atoms with Crippen molar-refractivity contribution in [1.82, 2.24) is 16.0 Å². The van der Waals surface area contributed by atoms with Gasteiger partial charge in [0.15, 0.2) is 5.96 Å². The number of hydrogen-bond acceptors (Lipinski definition) is 3. The Kier molecular flexibility index (Phi) is 8.38. The molecule has 1 aromatic rings. The van der Waals surface area contributed by atoms with Gasteiger partial charge in [-0.1, -0.05) is 22.0 Å². The predicted molar refractivity (Wildman–Crippen MR) is 109 cm³/mol. The van der Waals surface area contributed by atoms with Crippen LogP contribution in [-0.2, 0) is 4.74 Å². The van der Waals surface area contributed by atoms with Crippen molar-refractivity contribution in [3.63, 3.8) is 0 Å². The lowest BCUT2D eigenvalue weighted by molar-refractivity contribution is 0.0283. The van der Waals surface area contributed by atoms with Crippen molar-refractivity contribution in [2.75, 3.05) is 32.8 Å². The Morgan fingerprint density at radius 3 is 2.81 bits per heavy atom. The van der Waals surface area contributed by atoms with Gasteiger partial charge in [-0.3, -0.25) is 9.79 Å². The lowest BCUT2D eigenvalue weighted by Crippen LogP contribution is -2.40. The van der Waals surface area contributed by atoms with E-state index in [0.717, 1.165) is 49.4 Å². The van der Waals surface area contributed by atoms with Gasteiger partial charge in [-0.15, -0.1) is 0 Å². The topological polar surface area (TPSA) is 74.8 Å². The maximum atomic E-state index is 12.1. The van der Waals surface area contributed by atoms with Gasteiger partial charge in [-0.05, 0) is 51.3 Å². The van der Waals surface area contributed by atoms with E-state index in [2.05, 4.69) is 43.8 Å². The SMILES string of the molecule is CCNC(=NCC1(C)CCCO1)NCCCNC(=O)c1cccc(Br)c1. The summed E-state index contributed by atoms with van der Waals surface area (Å²) in [5.41, 5.74) is 0.521. The number of amides is 1. The maximum absolute atomic E-state index is 12.1. The zero-order chi connectivity index (χ0) is 18.8. The number of nitrogens with one attached hydrogen (secondary N) is 3. The van der Waals surface area contributed by atoms with Crippen LogP contribution in [0.4, 0.5) is 0 Å². The van der Waals surface area contributed by atoms with Gasteiger partial charge in [0.2, 0.25) is 0 Å². The highest BCUT2D eigenvalue weighted by molar-refractivity contribution is 9.10. The molecule has 1 aliphatic heterocycles. The second kappa shape index (κ2) is 10.5. The van der Waals surface area contributed by atoms with E-state index >= 15 is 0 Å². The third-order valence-electron chi connectivity index (χ3n) is 4.23. The molecule has 0 aromatic heterocycles. The van der Waals surface area contributed by atoms with Crippen molar-refractivity contribution >= 4 is 27.8 Å². The first kappa shape index (κ1) is 20.7. The molecule has 1 saturated heterocycles. The van der Waals surface area contributed by atoms with Crippen LogP contribution in [0, 0.1) is 0 Å². The summed E-state index contributed by atoms with van der Waals surface area (Å²) in [7, 11) is 0. The van der Waals surface area contributed by atoms with Crippen LogP contribution in [0.5, 0.6) is 0 Å². The molecule has 1 unspecified atom stereocenters. The molecule has 2 rings (SSSR count). The smallest absolute Gasteiger partial charge is 0.251 e. The van der Waals surface area contributed by atoms with Gasteiger partial charge in [0.05, 0.1) is 12.1 Å². The molecule has 7 heteroatoms. The van der Waals surface area contributed by atoms with Crippen LogP contribution in [0.2, 0.25) is 0 Å². The number of ether oxygens (including phenoxy) is 1. The standard InChI is InChI=1S/C19H29BrN4O2/c1-3-21-18(24-14-19(2)9-5-12-26-19)23-11-6-10-22-17(25)15-7-4-8-16(20)13-15/h4,7-8,13H,3,5-6,9-12,14H2,1-2H3,(H,22,25)(H2,21,23,24). The van der Waals surface area contributed by atoms with Gasteiger partial charge in [0.1, 0.15) is 0 Å². The zero-order valence-electron chi connectivity index (χ0n) is 15.6. The monoisotopic (exact) mass is 424 g/mol. The van der Waals surface area contributed by atoms with Gasteiger partial charge < -0.3 is 20.7 Å². The lowest BCUT2D eigenvalue weighted by atomic mass is 10.0. The highest BCUT2D eigenvalue weighted by Crippen LogP contribution is 2.24. The van der Waals surface area contributed by atoms with Crippen LogP contribution < -0.4 is 16.0 Å². The summed E-state index contributed by atoms with van der Waals surface area (Å²) in [5, 5.41) is 9.49. The first-order chi connectivity index (χ1) is 12.5. The quantitative estimate of drug-likeness (QED) is 0.340. The molecule has 26 heavy (non-hydrogen) atoms. The van der Waals surface area contributed by atoms with Crippen molar-refractivity contribution in [2.24, 2.45) is 4.99 Å². The van der Waals surface area contributed by atoms with Gasteiger partial charge in [0.25, 0.3) is 5.91 Å². The van der Waals surface area contributed by atoms with Crippen LogP contribution in [-0.4, -0.2) is 50.3 Å². The highest BCUT2D eigenvalue weighted by Gasteiger charge is 2.29. The summed E-state index contributed by atoms with van der Waals surface area (Å²) >= 11 is 3.38. The van der Waals surface area contributed by atoms with E-state index in [4.69, 9.17) is 4.74 Å². The molecule has 1 amide bonds. The van der Waals surface area contributed by atoms with E-state index in [1.165, 1.54) is 0 Å². The van der Waals surface area contributed by atoms with Crippen molar-refractivity contribution < 1.29 is 9.53 Å². The Bertz CT molecular complexity index is 615. The lowest BCUT2D eigenvalue weighted by Gasteiger charge is -2.21. The van der Waals surface area contributed by atoms with Crippen molar-refractivity contribution in [1.29, 1.82) is 0 Å². The fraction of sp³-hybridized carbons (Fsp3) is 0.579. The van der Waals surface area contributed by atoms with E-state index in [0.29, 0.717) is 18.7 Å². The number of carbonyl (C=O) groups is 1. The minimum atomic E-state index is -0.139. The van der Waals surface area contributed by atoms with Gasteiger partial charge in [0, 0.05) is 36.3 Å². The fourth-order valence-corrected chi connectivity index (χ4v) is 3.18. The Balaban J connectivity index is 1.69. The number of guanidine groups is 1. The van der Waals surface area contributed by atoms with Crippen molar-refractivity contribution in [3.05, 3.63) is 34.3 Å². The Hall–Kier alpha value is -1.60. The molecule has 3 N–H and O–H groups in total. The van der Waals surface area contributed by atoms with Crippen LogP contribution in [0.3, 0.4) is 0 Å². The summed E-state index contributed by atoms with van der Waals surface area (Å²) in [6, 6.07) is 7.38. The second-order valence-electron chi connectivity index (χ2n) is 6.64. The third kappa shape index (κ3) is 6.96. The number of rotatable bonds is 8. The average molecular weight is 425 g/mol. The Labute approximate surface area is 164 Å².